The van der Waals surface area contributed by atoms with Crippen molar-refractivity contribution < 1.29 is 4.79 Å². The van der Waals surface area contributed by atoms with Crippen molar-refractivity contribution in [1.82, 2.24) is 19.9 Å². The normalized spacial score (nSPS) is 23.4. The van der Waals surface area contributed by atoms with E-state index in [1.807, 2.05) is 12.1 Å². The number of fused-ring (bicyclic) bond motifs is 2. The van der Waals surface area contributed by atoms with Crippen LogP contribution in [-0.4, -0.2) is 38.4 Å². The van der Waals surface area contributed by atoms with Crippen LogP contribution in [-0.2, 0) is 11.3 Å². The molecule has 0 N–H and O–H groups in total. The van der Waals surface area contributed by atoms with Crippen LogP contribution in [0.25, 0.3) is 10.9 Å². The van der Waals surface area contributed by atoms with E-state index in [9.17, 15) is 9.59 Å². The third kappa shape index (κ3) is 3.17. The summed E-state index contributed by atoms with van der Waals surface area (Å²) in [5, 5.41) is 8.63. The second-order valence-corrected chi connectivity index (χ2v) is 7.23. The molecule has 132 valence electrons. The maximum absolute atomic E-state index is 12.8. The summed E-state index contributed by atoms with van der Waals surface area (Å²) in [7, 11) is 0. The minimum absolute atomic E-state index is 0.151. The molecule has 1 aromatic carbocycles. The average Bonchev–Trinajstić information content (AvgIpc) is 2.67. The summed E-state index contributed by atoms with van der Waals surface area (Å²) in [6.45, 7) is 1.15. The summed E-state index contributed by atoms with van der Waals surface area (Å²) >= 11 is 0. The number of amides is 1. The number of carbonyl (C=O) groups is 1. The number of carbonyl (C=O) groups excluding carboxylic acids is 1. The fourth-order valence-electron chi connectivity index (χ4n) is 4.45. The Morgan fingerprint density at radius 1 is 1.12 bits per heavy atom. The monoisotopic (exact) mass is 340 g/mol. The molecule has 1 saturated carbocycles. The van der Waals surface area contributed by atoms with Crippen LogP contribution < -0.4 is 5.56 Å². The fraction of sp³-hybridized carbons (Fsp3) is 0.579. The summed E-state index contributed by atoms with van der Waals surface area (Å²) in [4.78, 5) is 27.3. The van der Waals surface area contributed by atoms with Gasteiger partial charge in [0.05, 0.1) is 11.9 Å². The number of rotatable bonds is 3. The standard InChI is InChI=1S/C19H24N4O2/c24-18(22-12-5-7-14-6-1-4-10-17(14)22)11-13-23-19(25)15-8-2-3-9-16(15)20-21-23/h2-3,8-9,14,17H,1,4-7,10-13H2. The molecule has 2 atom stereocenters. The summed E-state index contributed by atoms with van der Waals surface area (Å²) in [6.07, 6.45) is 7.57. The Balaban J connectivity index is 1.46. The summed E-state index contributed by atoms with van der Waals surface area (Å²) in [5.74, 6) is 0.827. The molecule has 2 heterocycles. The minimum Gasteiger partial charge on any atom is -0.339 e. The molecule has 0 spiro atoms. The minimum atomic E-state index is -0.174. The molecular weight excluding hydrogens is 316 g/mol. The number of likely N-dealkylation sites (tertiary alicyclic amines) is 1. The van der Waals surface area contributed by atoms with Gasteiger partial charge < -0.3 is 4.90 Å². The number of aromatic nitrogens is 3. The van der Waals surface area contributed by atoms with E-state index in [4.69, 9.17) is 0 Å². The largest absolute Gasteiger partial charge is 0.339 e. The van der Waals surface area contributed by atoms with E-state index in [2.05, 4.69) is 15.2 Å². The Labute approximate surface area is 146 Å². The van der Waals surface area contributed by atoms with Gasteiger partial charge in [0.25, 0.3) is 5.56 Å². The molecule has 1 aliphatic carbocycles. The van der Waals surface area contributed by atoms with Gasteiger partial charge in [0.2, 0.25) is 5.91 Å². The third-order valence-corrected chi connectivity index (χ3v) is 5.73. The first kappa shape index (κ1) is 16.2. The van der Waals surface area contributed by atoms with Crippen LogP contribution in [0.3, 0.4) is 0 Å². The number of aryl methyl sites for hydroxylation is 1. The van der Waals surface area contributed by atoms with E-state index in [1.54, 1.807) is 12.1 Å². The third-order valence-electron chi connectivity index (χ3n) is 5.73. The smallest absolute Gasteiger partial charge is 0.277 e. The molecule has 0 radical (unpaired) electrons. The second kappa shape index (κ2) is 6.94. The fourth-order valence-corrected chi connectivity index (χ4v) is 4.45. The predicted octanol–water partition coefficient (Wildman–Crippen LogP) is 2.36. The zero-order chi connectivity index (χ0) is 17.2. The molecular formula is C19H24N4O2. The molecule has 4 rings (SSSR count). The van der Waals surface area contributed by atoms with Gasteiger partial charge in [-0.3, -0.25) is 9.59 Å². The summed E-state index contributed by atoms with van der Waals surface area (Å²) in [5.41, 5.74) is 0.420. The highest BCUT2D eigenvalue weighted by Gasteiger charge is 2.35. The summed E-state index contributed by atoms with van der Waals surface area (Å²) in [6, 6.07) is 7.59. The Kier molecular flexibility index (Phi) is 4.51. The van der Waals surface area contributed by atoms with Crippen LogP contribution >= 0.6 is 0 Å². The first-order chi connectivity index (χ1) is 12.2. The number of hydrogen-bond acceptors (Lipinski definition) is 4. The van der Waals surface area contributed by atoms with Crippen molar-refractivity contribution in [3.8, 4) is 0 Å². The van der Waals surface area contributed by atoms with Crippen LogP contribution in [0.1, 0.15) is 44.9 Å². The molecule has 2 aliphatic rings. The van der Waals surface area contributed by atoms with Gasteiger partial charge in [-0.05, 0) is 43.7 Å². The van der Waals surface area contributed by atoms with Gasteiger partial charge in [-0.1, -0.05) is 30.2 Å². The van der Waals surface area contributed by atoms with Crippen molar-refractivity contribution >= 4 is 16.8 Å². The average molecular weight is 340 g/mol. The number of benzene rings is 1. The van der Waals surface area contributed by atoms with Crippen molar-refractivity contribution in [3.63, 3.8) is 0 Å². The lowest BCUT2D eigenvalue weighted by molar-refractivity contribution is -0.137. The van der Waals surface area contributed by atoms with E-state index in [0.717, 1.165) is 19.4 Å². The van der Waals surface area contributed by atoms with E-state index in [1.165, 1.54) is 30.4 Å². The first-order valence-corrected chi connectivity index (χ1v) is 9.36. The Bertz CT molecular complexity index is 830. The molecule has 6 nitrogen and oxygen atoms in total. The van der Waals surface area contributed by atoms with Gasteiger partial charge in [0, 0.05) is 19.0 Å². The van der Waals surface area contributed by atoms with Crippen molar-refractivity contribution in [2.24, 2.45) is 5.92 Å². The van der Waals surface area contributed by atoms with Crippen LogP contribution in [0.2, 0.25) is 0 Å². The van der Waals surface area contributed by atoms with Gasteiger partial charge in [-0.15, -0.1) is 5.10 Å². The quantitative estimate of drug-likeness (QED) is 0.860. The number of hydrogen-bond donors (Lipinski definition) is 0. The molecule has 1 aliphatic heterocycles. The van der Waals surface area contributed by atoms with E-state index in [0.29, 0.717) is 35.8 Å². The Morgan fingerprint density at radius 3 is 2.84 bits per heavy atom. The maximum atomic E-state index is 12.8. The number of nitrogens with zero attached hydrogens (tertiary/aromatic N) is 4. The van der Waals surface area contributed by atoms with Crippen molar-refractivity contribution in [2.45, 2.75) is 57.5 Å². The van der Waals surface area contributed by atoms with E-state index in [-0.39, 0.29) is 11.5 Å². The molecule has 1 saturated heterocycles. The molecule has 2 aromatic rings. The zero-order valence-corrected chi connectivity index (χ0v) is 14.4. The lowest BCUT2D eigenvalue weighted by atomic mass is 9.78. The molecule has 2 unspecified atom stereocenters. The molecule has 1 aromatic heterocycles. The SMILES string of the molecule is O=C(CCn1nnc2ccccc2c1=O)N1CCCC2CCCCC21. The number of piperidine rings is 1. The van der Waals surface area contributed by atoms with E-state index >= 15 is 0 Å². The van der Waals surface area contributed by atoms with Gasteiger partial charge in [0.15, 0.2) is 0 Å². The molecule has 25 heavy (non-hydrogen) atoms. The zero-order valence-electron chi connectivity index (χ0n) is 14.4. The first-order valence-electron chi connectivity index (χ1n) is 9.36. The van der Waals surface area contributed by atoms with Gasteiger partial charge in [0.1, 0.15) is 5.52 Å². The predicted molar refractivity (Wildman–Crippen MR) is 95.1 cm³/mol. The van der Waals surface area contributed by atoms with Crippen molar-refractivity contribution in [3.05, 3.63) is 34.6 Å². The topological polar surface area (TPSA) is 68.1 Å². The van der Waals surface area contributed by atoms with Gasteiger partial charge in [-0.25, -0.2) is 4.68 Å². The van der Waals surface area contributed by atoms with Crippen LogP contribution in [0.15, 0.2) is 29.1 Å². The highest BCUT2D eigenvalue weighted by Crippen LogP contribution is 2.35. The highest BCUT2D eigenvalue weighted by molar-refractivity contribution is 5.77. The molecule has 1 amide bonds. The van der Waals surface area contributed by atoms with Crippen LogP contribution in [0.5, 0.6) is 0 Å². The Morgan fingerprint density at radius 2 is 1.92 bits per heavy atom. The van der Waals surface area contributed by atoms with Gasteiger partial charge in [-0.2, -0.15) is 0 Å². The summed E-state index contributed by atoms with van der Waals surface area (Å²) < 4.78 is 1.32. The molecule has 2 fully saturated rings. The van der Waals surface area contributed by atoms with Crippen molar-refractivity contribution in [1.29, 1.82) is 0 Å². The highest BCUT2D eigenvalue weighted by atomic mass is 16.2. The van der Waals surface area contributed by atoms with Crippen molar-refractivity contribution in [2.75, 3.05) is 6.54 Å². The van der Waals surface area contributed by atoms with Crippen LogP contribution in [0, 0.1) is 5.92 Å². The second-order valence-electron chi connectivity index (χ2n) is 7.23. The van der Waals surface area contributed by atoms with Crippen LogP contribution in [0.4, 0.5) is 0 Å². The molecule has 6 heteroatoms. The van der Waals surface area contributed by atoms with Gasteiger partial charge >= 0.3 is 0 Å². The maximum Gasteiger partial charge on any atom is 0.277 e. The molecule has 0 bridgehead atoms. The lowest BCUT2D eigenvalue weighted by Gasteiger charge is -2.44. The lowest BCUT2D eigenvalue weighted by Crippen LogP contribution is -2.49. The Hall–Kier alpha value is -2.24. The van der Waals surface area contributed by atoms with E-state index < -0.39 is 0 Å².